The van der Waals surface area contributed by atoms with Gasteiger partial charge in [-0.15, -0.1) is 0 Å². The van der Waals surface area contributed by atoms with Crippen LogP contribution in [0.3, 0.4) is 0 Å². The van der Waals surface area contributed by atoms with E-state index in [-0.39, 0.29) is 5.91 Å². The van der Waals surface area contributed by atoms with E-state index in [9.17, 15) is 9.90 Å². The summed E-state index contributed by atoms with van der Waals surface area (Å²) in [6.45, 7) is 0.905. The number of benzene rings is 1. The van der Waals surface area contributed by atoms with Gasteiger partial charge in [-0.1, -0.05) is 29.8 Å². The highest BCUT2D eigenvalue weighted by Crippen LogP contribution is 2.21. The van der Waals surface area contributed by atoms with Gasteiger partial charge in [0.25, 0.3) is 5.91 Å². The fourth-order valence-electron chi connectivity index (χ4n) is 2.11. The Balaban J connectivity index is 1.87. The van der Waals surface area contributed by atoms with E-state index in [1.807, 2.05) is 18.2 Å². The Morgan fingerprint density at radius 1 is 1.32 bits per heavy atom. The topological polar surface area (TPSA) is 68.4 Å². The molecule has 22 heavy (non-hydrogen) atoms. The molecule has 0 aliphatic carbocycles. The van der Waals surface area contributed by atoms with Crippen molar-refractivity contribution in [2.45, 2.75) is 12.6 Å². The van der Waals surface area contributed by atoms with Crippen LogP contribution in [0.2, 0.25) is 5.02 Å². The summed E-state index contributed by atoms with van der Waals surface area (Å²) in [5, 5.41) is 13.8. The van der Waals surface area contributed by atoms with Gasteiger partial charge in [0, 0.05) is 43.5 Å². The van der Waals surface area contributed by atoms with Crippen LogP contribution in [0.1, 0.15) is 27.8 Å². The van der Waals surface area contributed by atoms with E-state index in [1.54, 1.807) is 32.3 Å². The zero-order valence-corrected chi connectivity index (χ0v) is 13.4. The van der Waals surface area contributed by atoms with Crippen molar-refractivity contribution in [2.24, 2.45) is 0 Å². The number of aromatic nitrogens is 1. The smallest absolute Gasteiger partial charge is 0.269 e. The molecule has 118 valence electrons. The second-order valence-electron chi connectivity index (χ2n) is 5.27. The lowest BCUT2D eigenvalue weighted by Gasteiger charge is -2.13. The number of rotatable bonds is 6. The lowest BCUT2D eigenvalue weighted by atomic mass is 10.1. The first-order valence-electron chi connectivity index (χ1n) is 7.01. The number of aliphatic hydroxyl groups is 1. The van der Waals surface area contributed by atoms with Crippen molar-refractivity contribution in [3.8, 4) is 0 Å². The number of hydrogen-bond acceptors (Lipinski definition) is 3. The number of H-pyrrole nitrogens is 1. The minimum atomic E-state index is -0.675. The van der Waals surface area contributed by atoms with Crippen molar-refractivity contribution in [3.05, 3.63) is 58.4 Å². The molecule has 1 aromatic heterocycles. The SMILES string of the molecule is CN(C)C(=O)c1ccc(CNCC(O)c2ccccc2Cl)[nH]1. The Bertz CT molecular complexity index is 640. The Morgan fingerprint density at radius 3 is 2.73 bits per heavy atom. The third kappa shape index (κ3) is 4.10. The molecule has 0 bridgehead atoms. The average molecular weight is 322 g/mol. The molecule has 6 heteroatoms. The molecule has 0 aliphatic rings. The molecular weight excluding hydrogens is 302 g/mol. The molecule has 1 aromatic carbocycles. The molecule has 5 nitrogen and oxygen atoms in total. The maximum Gasteiger partial charge on any atom is 0.269 e. The van der Waals surface area contributed by atoms with Crippen molar-refractivity contribution < 1.29 is 9.90 Å². The van der Waals surface area contributed by atoms with Crippen LogP contribution >= 0.6 is 11.6 Å². The quantitative estimate of drug-likeness (QED) is 0.764. The van der Waals surface area contributed by atoms with Gasteiger partial charge in [-0.3, -0.25) is 4.79 Å². The molecule has 1 unspecified atom stereocenters. The maximum absolute atomic E-state index is 11.8. The number of nitrogens with one attached hydrogen (secondary N) is 2. The number of nitrogens with zero attached hydrogens (tertiary/aromatic N) is 1. The van der Waals surface area contributed by atoms with Crippen molar-refractivity contribution >= 4 is 17.5 Å². The summed E-state index contributed by atoms with van der Waals surface area (Å²) in [4.78, 5) is 16.4. The van der Waals surface area contributed by atoms with E-state index in [1.165, 1.54) is 4.90 Å². The first kappa shape index (κ1) is 16.5. The molecular formula is C16H20ClN3O2. The predicted octanol–water partition coefficient (Wildman–Crippen LogP) is 2.19. The third-order valence-electron chi connectivity index (χ3n) is 3.30. The third-order valence-corrected chi connectivity index (χ3v) is 3.64. The molecule has 0 fully saturated rings. The molecule has 0 spiro atoms. The van der Waals surface area contributed by atoms with Gasteiger partial charge >= 0.3 is 0 Å². The second kappa shape index (κ2) is 7.45. The highest BCUT2D eigenvalue weighted by Gasteiger charge is 2.12. The summed E-state index contributed by atoms with van der Waals surface area (Å²) in [5.74, 6) is -0.0673. The first-order valence-corrected chi connectivity index (χ1v) is 7.39. The van der Waals surface area contributed by atoms with Gasteiger partial charge in [0.15, 0.2) is 0 Å². The lowest BCUT2D eigenvalue weighted by molar-refractivity contribution is 0.0822. The van der Waals surface area contributed by atoms with Crippen LogP contribution in [0.5, 0.6) is 0 Å². The van der Waals surface area contributed by atoms with E-state index in [2.05, 4.69) is 10.3 Å². The van der Waals surface area contributed by atoms with E-state index in [0.29, 0.717) is 29.4 Å². The highest BCUT2D eigenvalue weighted by molar-refractivity contribution is 6.31. The number of halogens is 1. The van der Waals surface area contributed by atoms with Crippen LogP contribution in [0.25, 0.3) is 0 Å². The van der Waals surface area contributed by atoms with Gasteiger partial charge in [0.1, 0.15) is 5.69 Å². The summed E-state index contributed by atoms with van der Waals surface area (Å²) >= 11 is 6.05. The minimum Gasteiger partial charge on any atom is -0.387 e. The number of carbonyl (C=O) groups excluding carboxylic acids is 1. The standard InChI is InChI=1S/C16H20ClN3O2/c1-20(2)16(22)14-8-7-11(19-14)9-18-10-15(21)12-5-3-4-6-13(12)17/h3-8,15,18-19,21H,9-10H2,1-2H3. The lowest BCUT2D eigenvalue weighted by Crippen LogP contribution is -2.23. The Labute approximate surface area is 134 Å². The zero-order chi connectivity index (χ0) is 16.1. The van der Waals surface area contributed by atoms with Crippen LogP contribution in [0.15, 0.2) is 36.4 Å². The summed E-state index contributed by atoms with van der Waals surface area (Å²) < 4.78 is 0. The molecule has 2 rings (SSSR count). The minimum absolute atomic E-state index is 0.0673. The van der Waals surface area contributed by atoms with E-state index < -0.39 is 6.10 Å². The van der Waals surface area contributed by atoms with Crippen molar-refractivity contribution in [1.29, 1.82) is 0 Å². The summed E-state index contributed by atoms with van der Waals surface area (Å²) in [5.41, 5.74) is 2.14. The number of aliphatic hydroxyl groups excluding tert-OH is 1. The number of amides is 1. The van der Waals surface area contributed by atoms with Gasteiger partial charge in [-0.05, 0) is 18.2 Å². The highest BCUT2D eigenvalue weighted by atomic mass is 35.5. The summed E-state index contributed by atoms with van der Waals surface area (Å²) in [6.07, 6.45) is -0.675. The number of hydrogen-bond donors (Lipinski definition) is 3. The fraction of sp³-hybridized carbons (Fsp3) is 0.312. The van der Waals surface area contributed by atoms with Crippen molar-refractivity contribution in [1.82, 2.24) is 15.2 Å². The van der Waals surface area contributed by atoms with Gasteiger partial charge < -0.3 is 20.3 Å². The van der Waals surface area contributed by atoms with Crippen LogP contribution in [-0.4, -0.2) is 41.5 Å². The predicted molar refractivity (Wildman–Crippen MR) is 86.9 cm³/mol. The van der Waals surface area contributed by atoms with Crippen LogP contribution in [0.4, 0.5) is 0 Å². The molecule has 0 saturated carbocycles. The normalized spacial score (nSPS) is 12.2. The van der Waals surface area contributed by atoms with Gasteiger partial charge in [-0.25, -0.2) is 0 Å². The van der Waals surface area contributed by atoms with Crippen molar-refractivity contribution in [2.75, 3.05) is 20.6 Å². The van der Waals surface area contributed by atoms with Gasteiger partial charge in [0.2, 0.25) is 0 Å². The molecule has 1 heterocycles. The second-order valence-corrected chi connectivity index (χ2v) is 5.67. The monoisotopic (exact) mass is 321 g/mol. The molecule has 2 aromatic rings. The Morgan fingerprint density at radius 2 is 2.05 bits per heavy atom. The molecule has 0 radical (unpaired) electrons. The first-order chi connectivity index (χ1) is 10.5. The van der Waals surface area contributed by atoms with E-state index in [4.69, 9.17) is 11.6 Å². The largest absolute Gasteiger partial charge is 0.387 e. The molecule has 0 saturated heterocycles. The van der Waals surface area contributed by atoms with Crippen LogP contribution < -0.4 is 5.32 Å². The van der Waals surface area contributed by atoms with E-state index in [0.717, 1.165) is 5.69 Å². The van der Waals surface area contributed by atoms with Crippen LogP contribution in [-0.2, 0) is 6.54 Å². The zero-order valence-electron chi connectivity index (χ0n) is 12.6. The molecule has 3 N–H and O–H groups in total. The van der Waals surface area contributed by atoms with Crippen molar-refractivity contribution in [3.63, 3.8) is 0 Å². The maximum atomic E-state index is 11.8. The molecule has 1 atom stereocenters. The average Bonchev–Trinajstić information content (AvgIpc) is 2.95. The van der Waals surface area contributed by atoms with Gasteiger partial charge in [0.05, 0.1) is 6.10 Å². The fourth-order valence-corrected chi connectivity index (χ4v) is 2.37. The summed E-state index contributed by atoms with van der Waals surface area (Å²) in [6, 6.07) is 10.8. The number of aromatic amines is 1. The van der Waals surface area contributed by atoms with E-state index >= 15 is 0 Å². The molecule has 0 aliphatic heterocycles. The summed E-state index contributed by atoms with van der Waals surface area (Å²) in [7, 11) is 3.42. The Hall–Kier alpha value is -1.82. The van der Waals surface area contributed by atoms with Gasteiger partial charge in [-0.2, -0.15) is 0 Å². The van der Waals surface area contributed by atoms with Crippen LogP contribution in [0, 0.1) is 0 Å². The Kier molecular flexibility index (Phi) is 5.60. The number of carbonyl (C=O) groups is 1. The molecule has 1 amide bonds.